The molecule has 1 atom stereocenters. The van der Waals surface area contributed by atoms with Crippen molar-refractivity contribution in [1.82, 2.24) is 15.1 Å². The molecule has 0 spiro atoms. The summed E-state index contributed by atoms with van der Waals surface area (Å²) in [5.41, 5.74) is 1.80. The molecule has 1 aliphatic rings. The number of aromatic nitrogens is 2. The third kappa shape index (κ3) is 3.99. The van der Waals surface area contributed by atoms with Crippen LogP contribution in [-0.4, -0.2) is 53.5 Å². The number of anilines is 1. The molecule has 7 nitrogen and oxygen atoms in total. The van der Waals surface area contributed by atoms with Crippen LogP contribution in [0, 0.1) is 0 Å². The van der Waals surface area contributed by atoms with Gasteiger partial charge in [-0.1, -0.05) is 6.92 Å². The summed E-state index contributed by atoms with van der Waals surface area (Å²) in [4.78, 5) is 14.1. The van der Waals surface area contributed by atoms with E-state index in [1.54, 1.807) is 11.8 Å². The highest BCUT2D eigenvalue weighted by Crippen LogP contribution is 2.20. The Labute approximate surface area is 137 Å². The maximum Gasteiger partial charge on any atom is 0.240 e. The van der Waals surface area contributed by atoms with E-state index in [1.807, 2.05) is 13.0 Å². The molecular weight excluding hydrogens is 316 g/mol. The molecule has 1 aliphatic heterocycles. The van der Waals surface area contributed by atoms with Crippen LogP contribution >= 0.6 is 0 Å². The van der Waals surface area contributed by atoms with Crippen molar-refractivity contribution < 1.29 is 13.2 Å². The van der Waals surface area contributed by atoms with Crippen molar-refractivity contribution in [1.29, 1.82) is 0 Å². The van der Waals surface area contributed by atoms with E-state index in [0.717, 1.165) is 17.8 Å². The van der Waals surface area contributed by atoms with Crippen LogP contribution in [-0.2, 0) is 27.6 Å². The molecule has 1 aromatic heterocycles. The molecule has 2 rings (SSSR count). The maximum atomic E-state index is 12.5. The van der Waals surface area contributed by atoms with Crippen LogP contribution in [0.3, 0.4) is 0 Å². The molecule has 0 saturated heterocycles. The molecule has 23 heavy (non-hydrogen) atoms. The van der Waals surface area contributed by atoms with Gasteiger partial charge in [-0.3, -0.25) is 4.79 Å². The molecule has 128 valence electrons. The summed E-state index contributed by atoms with van der Waals surface area (Å²) >= 11 is 0. The maximum absolute atomic E-state index is 12.5. The SMILES string of the molecule is CCCS(=O)(=O)[C@@H](C)C(=O)N1CCc2nnc(NCC)cc2C1. The predicted molar refractivity (Wildman–Crippen MR) is 88.9 cm³/mol. The van der Waals surface area contributed by atoms with Gasteiger partial charge in [-0.05, 0) is 31.9 Å². The van der Waals surface area contributed by atoms with Crippen molar-refractivity contribution in [2.75, 3.05) is 24.2 Å². The summed E-state index contributed by atoms with van der Waals surface area (Å²) in [5, 5.41) is 10.4. The summed E-state index contributed by atoms with van der Waals surface area (Å²) in [6.07, 6.45) is 1.12. The topological polar surface area (TPSA) is 92.3 Å². The third-order valence-electron chi connectivity index (χ3n) is 3.98. The predicted octanol–water partition coefficient (Wildman–Crippen LogP) is 1.01. The van der Waals surface area contributed by atoms with E-state index < -0.39 is 15.1 Å². The molecule has 1 aromatic rings. The Morgan fingerprint density at radius 3 is 2.78 bits per heavy atom. The minimum atomic E-state index is -3.38. The lowest BCUT2D eigenvalue weighted by Crippen LogP contribution is -2.44. The first-order chi connectivity index (χ1) is 10.9. The Bertz CT molecular complexity index is 675. The smallest absolute Gasteiger partial charge is 0.240 e. The van der Waals surface area contributed by atoms with Crippen molar-refractivity contribution in [2.24, 2.45) is 0 Å². The highest BCUT2D eigenvalue weighted by atomic mass is 32.2. The van der Waals surface area contributed by atoms with Crippen LogP contribution in [0.2, 0.25) is 0 Å². The van der Waals surface area contributed by atoms with E-state index in [-0.39, 0.29) is 11.7 Å². The Hall–Kier alpha value is -1.70. The number of hydrogen-bond donors (Lipinski definition) is 1. The first kappa shape index (κ1) is 17.7. The molecule has 0 aliphatic carbocycles. The molecule has 8 heteroatoms. The van der Waals surface area contributed by atoms with Gasteiger partial charge in [0.05, 0.1) is 11.4 Å². The zero-order valence-corrected chi connectivity index (χ0v) is 14.7. The van der Waals surface area contributed by atoms with Gasteiger partial charge in [-0.25, -0.2) is 8.42 Å². The fourth-order valence-corrected chi connectivity index (χ4v) is 4.04. The average molecular weight is 340 g/mol. The van der Waals surface area contributed by atoms with Gasteiger partial charge in [0.15, 0.2) is 9.84 Å². The third-order valence-corrected chi connectivity index (χ3v) is 6.24. The molecule has 1 amide bonds. The first-order valence-corrected chi connectivity index (χ1v) is 9.70. The van der Waals surface area contributed by atoms with E-state index in [4.69, 9.17) is 0 Å². The number of rotatable bonds is 6. The fourth-order valence-electron chi connectivity index (χ4n) is 2.66. The van der Waals surface area contributed by atoms with E-state index in [1.165, 1.54) is 6.92 Å². The molecule has 2 heterocycles. The lowest BCUT2D eigenvalue weighted by Gasteiger charge is -2.30. The van der Waals surface area contributed by atoms with Gasteiger partial charge in [-0.2, -0.15) is 5.10 Å². The number of nitrogens with zero attached hydrogens (tertiary/aromatic N) is 3. The number of carbonyl (C=O) groups is 1. The summed E-state index contributed by atoms with van der Waals surface area (Å²) in [6, 6.07) is 1.89. The quantitative estimate of drug-likeness (QED) is 0.831. The monoisotopic (exact) mass is 340 g/mol. The van der Waals surface area contributed by atoms with Gasteiger partial charge in [0.1, 0.15) is 11.1 Å². The standard InChI is InChI=1S/C15H24N4O3S/c1-4-8-23(21,22)11(3)15(20)19-7-6-13-12(10-19)9-14(16-5-2)18-17-13/h9,11H,4-8,10H2,1-3H3,(H,16,18)/t11-/m0/s1. The molecule has 0 unspecified atom stereocenters. The second-order valence-corrected chi connectivity index (χ2v) is 8.19. The van der Waals surface area contributed by atoms with Gasteiger partial charge < -0.3 is 10.2 Å². The minimum Gasteiger partial charge on any atom is -0.369 e. The number of nitrogens with one attached hydrogen (secondary N) is 1. The first-order valence-electron chi connectivity index (χ1n) is 7.98. The average Bonchev–Trinajstić information content (AvgIpc) is 2.53. The van der Waals surface area contributed by atoms with E-state index >= 15 is 0 Å². The normalized spacial score (nSPS) is 15.9. The second kappa shape index (κ2) is 7.25. The number of fused-ring (bicyclic) bond motifs is 1. The van der Waals surface area contributed by atoms with Crippen molar-refractivity contribution in [3.63, 3.8) is 0 Å². The lowest BCUT2D eigenvalue weighted by molar-refractivity contribution is -0.131. The van der Waals surface area contributed by atoms with Crippen LogP contribution in [0.25, 0.3) is 0 Å². The van der Waals surface area contributed by atoms with Gasteiger partial charge in [0, 0.05) is 26.1 Å². The number of carbonyl (C=O) groups excluding carboxylic acids is 1. The van der Waals surface area contributed by atoms with Gasteiger partial charge in [0.25, 0.3) is 0 Å². The van der Waals surface area contributed by atoms with Crippen molar-refractivity contribution >= 4 is 21.6 Å². The minimum absolute atomic E-state index is 0.0420. The van der Waals surface area contributed by atoms with E-state index in [0.29, 0.717) is 31.7 Å². The molecule has 0 fully saturated rings. The zero-order valence-electron chi connectivity index (χ0n) is 13.9. The molecule has 0 bridgehead atoms. The Kier molecular flexibility index (Phi) is 5.56. The van der Waals surface area contributed by atoms with Crippen LogP contribution in [0.1, 0.15) is 38.4 Å². The highest BCUT2D eigenvalue weighted by Gasteiger charge is 2.32. The van der Waals surface area contributed by atoms with E-state index in [2.05, 4.69) is 15.5 Å². The Morgan fingerprint density at radius 2 is 2.13 bits per heavy atom. The molecular formula is C15H24N4O3S. The van der Waals surface area contributed by atoms with Crippen LogP contribution in [0.15, 0.2) is 6.07 Å². The Balaban J connectivity index is 2.14. The molecule has 0 saturated carbocycles. The van der Waals surface area contributed by atoms with E-state index in [9.17, 15) is 13.2 Å². The Morgan fingerprint density at radius 1 is 1.39 bits per heavy atom. The summed E-state index contributed by atoms with van der Waals surface area (Å²) < 4.78 is 24.2. The van der Waals surface area contributed by atoms with Crippen LogP contribution < -0.4 is 5.32 Å². The summed E-state index contributed by atoms with van der Waals surface area (Å²) in [5.74, 6) is 0.388. The highest BCUT2D eigenvalue weighted by molar-refractivity contribution is 7.92. The van der Waals surface area contributed by atoms with Crippen LogP contribution in [0.5, 0.6) is 0 Å². The summed E-state index contributed by atoms with van der Waals surface area (Å²) in [6.45, 7) is 6.85. The molecule has 0 aromatic carbocycles. The summed E-state index contributed by atoms with van der Waals surface area (Å²) in [7, 11) is -3.38. The number of amides is 1. The largest absolute Gasteiger partial charge is 0.369 e. The van der Waals surface area contributed by atoms with Crippen molar-refractivity contribution in [3.8, 4) is 0 Å². The zero-order chi connectivity index (χ0) is 17.0. The number of sulfone groups is 1. The van der Waals surface area contributed by atoms with Gasteiger partial charge in [0.2, 0.25) is 5.91 Å². The van der Waals surface area contributed by atoms with Crippen LogP contribution in [0.4, 0.5) is 5.82 Å². The van der Waals surface area contributed by atoms with Gasteiger partial charge >= 0.3 is 0 Å². The van der Waals surface area contributed by atoms with Gasteiger partial charge in [-0.15, -0.1) is 5.10 Å². The lowest BCUT2D eigenvalue weighted by atomic mass is 10.1. The second-order valence-electron chi connectivity index (χ2n) is 5.75. The molecule has 0 radical (unpaired) electrons. The van der Waals surface area contributed by atoms with Crippen molar-refractivity contribution in [2.45, 2.75) is 45.4 Å². The molecule has 1 N–H and O–H groups in total. The van der Waals surface area contributed by atoms with Crippen molar-refractivity contribution in [3.05, 3.63) is 17.3 Å². The fraction of sp³-hybridized carbons (Fsp3) is 0.667. The number of hydrogen-bond acceptors (Lipinski definition) is 6.